The predicted molar refractivity (Wildman–Crippen MR) is 128 cm³/mol. The van der Waals surface area contributed by atoms with E-state index in [0.717, 1.165) is 58.0 Å². The summed E-state index contributed by atoms with van der Waals surface area (Å²) in [5, 5.41) is 15.0. The van der Waals surface area contributed by atoms with Crippen molar-refractivity contribution in [2.24, 2.45) is 16.7 Å². The van der Waals surface area contributed by atoms with E-state index in [9.17, 15) is 14.7 Å². The third-order valence-electron chi connectivity index (χ3n) is 9.38. The van der Waals surface area contributed by atoms with Gasteiger partial charge in [-0.1, -0.05) is 13.8 Å². The quantitative estimate of drug-likeness (QED) is 0.655. The molecule has 0 spiro atoms. The molecule has 0 unspecified atom stereocenters. The molecule has 2 heterocycles. The Kier molecular flexibility index (Phi) is 7.15. The number of fused-ring (bicyclic) bond motifs is 1. The Morgan fingerprint density at radius 2 is 1.67 bits per heavy atom. The molecule has 4 atom stereocenters. The van der Waals surface area contributed by atoms with E-state index in [1.807, 2.05) is 16.7 Å². The minimum Gasteiger partial charge on any atom is -0.390 e. The summed E-state index contributed by atoms with van der Waals surface area (Å²) in [6, 6.07) is 0.759. The maximum Gasteiger partial charge on any atom is 0.222 e. The molecule has 2 N–H and O–H groups in total. The van der Waals surface area contributed by atoms with E-state index < -0.39 is 5.60 Å². The Hall–Kier alpha value is -1.18. The third-order valence-corrected chi connectivity index (χ3v) is 9.38. The van der Waals surface area contributed by atoms with Gasteiger partial charge in [0.25, 0.3) is 0 Å². The Morgan fingerprint density at radius 3 is 2.30 bits per heavy atom. The Bertz CT molecular complexity index is 725. The SMILES string of the molecule is CC(=O)N1CCC(N[C@H]2CC(C)(C)[C@@H]3C[C@@](C)(O)CC[C@]23CCC(=O)N2CCOCC2)CC1. The monoisotopic (exact) mass is 463 g/mol. The van der Waals surface area contributed by atoms with Crippen LogP contribution in [0.5, 0.6) is 0 Å². The van der Waals surface area contributed by atoms with Crippen LogP contribution in [0.4, 0.5) is 0 Å². The van der Waals surface area contributed by atoms with Crippen LogP contribution in [0.25, 0.3) is 0 Å². The summed E-state index contributed by atoms with van der Waals surface area (Å²) < 4.78 is 5.43. The molecule has 2 amide bonds. The van der Waals surface area contributed by atoms with Gasteiger partial charge in [0.15, 0.2) is 0 Å². The van der Waals surface area contributed by atoms with Crippen LogP contribution in [0.2, 0.25) is 0 Å². The van der Waals surface area contributed by atoms with Gasteiger partial charge in [0.1, 0.15) is 0 Å². The van der Waals surface area contributed by atoms with Crippen molar-refractivity contribution in [3.8, 4) is 0 Å². The first-order valence-electron chi connectivity index (χ1n) is 13.1. The smallest absolute Gasteiger partial charge is 0.222 e. The van der Waals surface area contributed by atoms with Gasteiger partial charge in [-0.25, -0.2) is 0 Å². The van der Waals surface area contributed by atoms with Crippen molar-refractivity contribution >= 4 is 11.8 Å². The topological polar surface area (TPSA) is 82.1 Å². The second-order valence-electron chi connectivity index (χ2n) is 12.2. The Labute approximate surface area is 199 Å². The summed E-state index contributed by atoms with van der Waals surface area (Å²) in [4.78, 5) is 28.7. The fourth-order valence-electron chi connectivity index (χ4n) is 7.42. The number of nitrogens with one attached hydrogen (secondary N) is 1. The van der Waals surface area contributed by atoms with Crippen LogP contribution in [0.1, 0.15) is 79.1 Å². The largest absolute Gasteiger partial charge is 0.390 e. The van der Waals surface area contributed by atoms with E-state index in [1.165, 1.54) is 0 Å². The van der Waals surface area contributed by atoms with Crippen molar-refractivity contribution < 1.29 is 19.4 Å². The molecule has 0 radical (unpaired) electrons. The fraction of sp³-hybridized carbons (Fsp3) is 0.923. The molecule has 7 nitrogen and oxygen atoms in total. The summed E-state index contributed by atoms with van der Waals surface area (Å²) in [6.45, 7) is 12.7. The minimum atomic E-state index is -0.624. The number of piperidine rings is 1. The highest BCUT2D eigenvalue weighted by Gasteiger charge is 2.61. The molecule has 2 aliphatic carbocycles. The summed E-state index contributed by atoms with van der Waals surface area (Å²) in [5.41, 5.74) is -0.475. The summed E-state index contributed by atoms with van der Waals surface area (Å²) in [6.07, 6.45) is 7.09. The molecule has 4 rings (SSSR count). The van der Waals surface area contributed by atoms with Crippen LogP contribution in [-0.2, 0) is 14.3 Å². The van der Waals surface area contributed by atoms with Crippen molar-refractivity contribution in [2.75, 3.05) is 39.4 Å². The number of carbonyl (C=O) groups excluding carboxylic acids is 2. The van der Waals surface area contributed by atoms with Gasteiger partial charge in [0.2, 0.25) is 11.8 Å². The lowest BCUT2D eigenvalue weighted by Gasteiger charge is -2.51. The normalized spacial score (nSPS) is 37.1. The first kappa shape index (κ1) is 24.9. The first-order chi connectivity index (χ1) is 15.5. The first-order valence-corrected chi connectivity index (χ1v) is 13.1. The lowest BCUT2D eigenvalue weighted by molar-refractivity contribution is -0.137. The van der Waals surface area contributed by atoms with E-state index in [2.05, 4.69) is 19.2 Å². The zero-order valence-electron chi connectivity index (χ0n) is 21.2. The number of nitrogens with zero attached hydrogens (tertiary/aromatic N) is 2. The predicted octanol–water partition coefficient (Wildman–Crippen LogP) is 2.56. The molecule has 0 bridgehead atoms. The maximum atomic E-state index is 13.1. The van der Waals surface area contributed by atoms with Crippen molar-refractivity contribution in [1.29, 1.82) is 0 Å². The zero-order valence-corrected chi connectivity index (χ0v) is 21.2. The lowest BCUT2D eigenvalue weighted by Crippen LogP contribution is -2.55. The van der Waals surface area contributed by atoms with Gasteiger partial charge in [-0.3, -0.25) is 9.59 Å². The number of amides is 2. The molecule has 4 fully saturated rings. The average molecular weight is 464 g/mol. The second-order valence-corrected chi connectivity index (χ2v) is 12.2. The van der Waals surface area contributed by atoms with Crippen LogP contribution >= 0.6 is 0 Å². The van der Waals surface area contributed by atoms with Gasteiger partial charge in [-0.05, 0) is 68.6 Å². The molecule has 2 aliphatic heterocycles. The summed E-state index contributed by atoms with van der Waals surface area (Å²) in [5.74, 6) is 0.811. The van der Waals surface area contributed by atoms with Crippen molar-refractivity contribution in [2.45, 2.75) is 96.7 Å². The molecule has 2 saturated carbocycles. The van der Waals surface area contributed by atoms with Crippen LogP contribution in [-0.4, -0.2) is 83.8 Å². The van der Waals surface area contributed by atoms with Gasteiger partial charge in [-0.15, -0.1) is 0 Å². The number of rotatable bonds is 5. The zero-order chi connectivity index (χ0) is 23.9. The van der Waals surface area contributed by atoms with E-state index in [4.69, 9.17) is 4.74 Å². The van der Waals surface area contributed by atoms with E-state index in [0.29, 0.717) is 50.7 Å². The number of carbonyl (C=O) groups is 2. The molecule has 4 aliphatic rings. The molecule has 33 heavy (non-hydrogen) atoms. The van der Waals surface area contributed by atoms with Crippen LogP contribution in [0.15, 0.2) is 0 Å². The van der Waals surface area contributed by atoms with E-state index in [1.54, 1.807) is 6.92 Å². The van der Waals surface area contributed by atoms with Gasteiger partial charge in [0.05, 0.1) is 18.8 Å². The number of morpholine rings is 1. The molecule has 2 saturated heterocycles. The fourth-order valence-corrected chi connectivity index (χ4v) is 7.42. The highest BCUT2D eigenvalue weighted by molar-refractivity contribution is 5.76. The summed E-state index contributed by atoms with van der Waals surface area (Å²) >= 11 is 0. The van der Waals surface area contributed by atoms with Gasteiger partial charge in [0, 0.05) is 51.6 Å². The molecular weight excluding hydrogens is 418 g/mol. The molecule has 0 aromatic carbocycles. The van der Waals surface area contributed by atoms with Crippen LogP contribution in [0, 0.1) is 16.7 Å². The third kappa shape index (κ3) is 5.25. The molecular formula is C26H45N3O4. The average Bonchev–Trinajstić information content (AvgIpc) is 2.98. The Morgan fingerprint density at radius 1 is 1.00 bits per heavy atom. The molecule has 188 valence electrons. The van der Waals surface area contributed by atoms with Crippen LogP contribution in [0.3, 0.4) is 0 Å². The van der Waals surface area contributed by atoms with Crippen molar-refractivity contribution in [3.05, 3.63) is 0 Å². The molecule has 7 heteroatoms. The number of aliphatic hydroxyl groups is 1. The minimum absolute atomic E-state index is 0.0331. The maximum absolute atomic E-state index is 13.1. The van der Waals surface area contributed by atoms with E-state index in [-0.39, 0.29) is 22.6 Å². The molecule has 0 aromatic rings. The second kappa shape index (κ2) is 9.46. The van der Waals surface area contributed by atoms with Gasteiger partial charge >= 0.3 is 0 Å². The highest BCUT2D eigenvalue weighted by Crippen LogP contribution is 2.64. The van der Waals surface area contributed by atoms with Gasteiger partial charge < -0.3 is 25.0 Å². The standard InChI is InChI=1S/C26H45N3O4/c1-19(30)28-11-6-20(7-12-28)27-22-18-24(2,3)21-17-25(4,32)9-10-26(21,22)8-5-23(31)29-13-15-33-16-14-29/h20-22,27,32H,5-18H2,1-4H3/t21-,22-,25-,26-/m0/s1. The number of hydrogen-bond donors (Lipinski definition) is 2. The van der Waals surface area contributed by atoms with Gasteiger partial charge in [-0.2, -0.15) is 0 Å². The van der Waals surface area contributed by atoms with Crippen molar-refractivity contribution in [1.82, 2.24) is 15.1 Å². The van der Waals surface area contributed by atoms with Crippen LogP contribution < -0.4 is 5.32 Å². The van der Waals surface area contributed by atoms with Crippen molar-refractivity contribution in [3.63, 3.8) is 0 Å². The highest BCUT2D eigenvalue weighted by atomic mass is 16.5. The van der Waals surface area contributed by atoms with E-state index >= 15 is 0 Å². The number of hydrogen-bond acceptors (Lipinski definition) is 5. The summed E-state index contributed by atoms with van der Waals surface area (Å²) in [7, 11) is 0. The lowest BCUT2D eigenvalue weighted by atomic mass is 9.57. The Balaban J connectivity index is 1.50. The number of ether oxygens (including phenoxy) is 1. The molecule has 0 aromatic heterocycles. The number of likely N-dealkylation sites (tertiary alicyclic amines) is 1.